The molecule has 1 aromatic heterocycles. The SMILES string of the molecule is Cc1cc(NS(=O)(=O)c2ccc(NC(=O)Cc3ccccc3C)cc2)no1. The summed E-state index contributed by atoms with van der Waals surface area (Å²) in [6.45, 7) is 3.62. The lowest BCUT2D eigenvalue weighted by atomic mass is 10.1. The molecular formula is C19H19N3O4S. The average Bonchev–Trinajstić information content (AvgIpc) is 3.01. The molecule has 0 aliphatic heterocycles. The summed E-state index contributed by atoms with van der Waals surface area (Å²) in [7, 11) is -3.78. The fourth-order valence-electron chi connectivity index (χ4n) is 2.52. The van der Waals surface area contributed by atoms with Crippen LogP contribution in [0.2, 0.25) is 0 Å². The van der Waals surface area contributed by atoms with Gasteiger partial charge in [0.1, 0.15) is 5.76 Å². The van der Waals surface area contributed by atoms with Gasteiger partial charge in [-0.2, -0.15) is 0 Å². The molecule has 0 unspecified atom stereocenters. The number of carbonyl (C=O) groups is 1. The van der Waals surface area contributed by atoms with Crippen LogP contribution in [0.3, 0.4) is 0 Å². The van der Waals surface area contributed by atoms with E-state index >= 15 is 0 Å². The first-order valence-electron chi connectivity index (χ1n) is 8.24. The van der Waals surface area contributed by atoms with Crippen molar-refractivity contribution in [3.8, 4) is 0 Å². The Bertz CT molecular complexity index is 1060. The molecule has 3 rings (SSSR count). The maximum Gasteiger partial charge on any atom is 0.263 e. The highest BCUT2D eigenvalue weighted by Gasteiger charge is 2.16. The van der Waals surface area contributed by atoms with Crippen molar-refractivity contribution in [2.75, 3.05) is 10.0 Å². The number of nitrogens with zero attached hydrogens (tertiary/aromatic N) is 1. The molecule has 0 bridgehead atoms. The van der Waals surface area contributed by atoms with Crippen LogP contribution in [0.1, 0.15) is 16.9 Å². The quantitative estimate of drug-likeness (QED) is 0.678. The van der Waals surface area contributed by atoms with Crippen molar-refractivity contribution in [2.45, 2.75) is 25.2 Å². The molecule has 0 aliphatic carbocycles. The van der Waals surface area contributed by atoms with Crippen molar-refractivity contribution in [3.63, 3.8) is 0 Å². The number of benzene rings is 2. The number of aryl methyl sites for hydroxylation is 2. The standard InChI is InChI=1S/C19H19N3O4S/c1-13-5-3-4-6-15(13)12-19(23)20-16-7-9-17(10-8-16)27(24,25)22-18-11-14(2)26-21-18/h3-11H,12H2,1-2H3,(H,20,23)(H,21,22). The second-order valence-corrected chi connectivity index (χ2v) is 7.79. The third kappa shape index (κ3) is 4.73. The Morgan fingerprint density at radius 2 is 1.78 bits per heavy atom. The molecule has 3 aromatic rings. The minimum Gasteiger partial charge on any atom is -0.360 e. The number of hydrogen-bond donors (Lipinski definition) is 2. The van der Waals surface area contributed by atoms with E-state index in [-0.39, 0.29) is 23.0 Å². The second kappa shape index (κ2) is 7.63. The van der Waals surface area contributed by atoms with Crippen LogP contribution in [0.5, 0.6) is 0 Å². The van der Waals surface area contributed by atoms with E-state index in [0.29, 0.717) is 11.4 Å². The van der Waals surface area contributed by atoms with Gasteiger partial charge in [0.2, 0.25) is 5.91 Å². The molecule has 2 aromatic carbocycles. The first-order valence-corrected chi connectivity index (χ1v) is 9.72. The number of anilines is 2. The zero-order chi connectivity index (χ0) is 19.4. The summed E-state index contributed by atoms with van der Waals surface area (Å²) < 4.78 is 31.9. The Hall–Kier alpha value is -3.13. The van der Waals surface area contributed by atoms with E-state index < -0.39 is 10.0 Å². The minimum absolute atomic E-state index is 0.0556. The van der Waals surface area contributed by atoms with Gasteiger partial charge in [0, 0.05) is 11.8 Å². The Labute approximate surface area is 157 Å². The number of amides is 1. The Morgan fingerprint density at radius 1 is 1.07 bits per heavy atom. The summed E-state index contributed by atoms with van der Waals surface area (Å²) in [5.41, 5.74) is 2.51. The zero-order valence-electron chi connectivity index (χ0n) is 14.9. The number of carbonyl (C=O) groups excluding carboxylic acids is 1. The van der Waals surface area contributed by atoms with E-state index in [4.69, 9.17) is 4.52 Å². The van der Waals surface area contributed by atoms with Gasteiger partial charge in [0.15, 0.2) is 5.82 Å². The van der Waals surface area contributed by atoms with E-state index in [1.54, 1.807) is 19.1 Å². The third-order valence-corrected chi connectivity index (χ3v) is 5.30. The van der Waals surface area contributed by atoms with E-state index in [2.05, 4.69) is 15.2 Å². The summed E-state index contributed by atoms with van der Waals surface area (Å²) >= 11 is 0. The molecule has 0 aliphatic rings. The van der Waals surface area contributed by atoms with Gasteiger partial charge in [-0.15, -0.1) is 0 Å². The molecule has 0 spiro atoms. The van der Waals surface area contributed by atoms with Crippen molar-refractivity contribution in [2.24, 2.45) is 0 Å². The summed E-state index contributed by atoms with van der Waals surface area (Å²) in [6.07, 6.45) is 0.250. The number of hydrogen-bond acceptors (Lipinski definition) is 5. The van der Waals surface area contributed by atoms with Crippen molar-refractivity contribution >= 4 is 27.4 Å². The molecule has 27 heavy (non-hydrogen) atoms. The third-order valence-electron chi connectivity index (χ3n) is 3.93. The Kier molecular flexibility index (Phi) is 5.27. The Balaban J connectivity index is 1.66. The molecule has 7 nitrogen and oxygen atoms in total. The van der Waals surface area contributed by atoms with E-state index in [0.717, 1.165) is 11.1 Å². The lowest BCUT2D eigenvalue weighted by Crippen LogP contribution is -2.16. The van der Waals surface area contributed by atoms with Crippen LogP contribution in [0.15, 0.2) is 64.0 Å². The van der Waals surface area contributed by atoms with Gasteiger partial charge in [-0.3, -0.25) is 9.52 Å². The maximum absolute atomic E-state index is 12.3. The number of sulfonamides is 1. The summed E-state index contributed by atoms with van der Waals surface area (Å²) in [6, 6.07) is 15.1. The zero-order valence-corrected chi connectivity index (χ0v) is 15.7. The minimum atomic E-state index is -3.78. The highest BCUT2D eigenvalue weighted by Crippen LogP contribution is 2.18. The molecule has 1 heterocycles. The van der Waals surface area contributed by atoms with Crippen LogP contribution in [0.25, 0.3) is 0 Å². The molecule has 1 amide bonds. The normalized spacial score (nSPS) is 11.2. The highest BCUT2D eigenvalue weighted by molar-refractivity contribution is 7.92. The smallest absolute Gasteiger partial charge is 0.263 e. The van der Waals surface area contributed by atoms with Crippen LogP contribution in [-0.2, 0) is 21.2 Å². The number of nitrogens with one attached hydrogen (secondary N) is 2. The predicted octanol–water partition coefficient (Wildman–Crippen LogP) is 3.27. The van der Waals surface area contributed by atoms with Crippen molar-refractivity contribution < 1.29 is 17.7 Å². The number of aromatic nitrogens is 1. The molecule has 0 atom stereocenters. The van der Waals surface area contributed by atoms with Crippen LogP contribution < -0.4 is 10.0 Å². The van der Waals surface area contributed by atoms with Crippen molar-refractivity contribution in [1.82, 2.24) is 5.16 Å². The van der Waals surface area contributed by atoms with Crippen LogP contribution in [0.4, 0.5) is 11.5 Å². The maximum atomic E-state index is 12.3. The molecule has 140 valence electrons. The molecule has 2 N–H and O–H groups in total. The fourth-order valence-corrected chi connectivity index (χ4v) is 3.50. The first kappa shape index (κ1) is 18.7. The van der Waals surface area contributed by atoms with Gasteiger partial charge in [0.25, 0.3) is 10.0 Å². The summed E-state index contributed by atoms with van der Waals surface area (Å²) in [5.74, 6) is 0.443. The number of rotatable bonds is 6. The van der Waals surface area contributed by atoms with Crippen LogP contribution in [0, 0.1) is 13.8 Å². The van der Waals surface area contributed by atoms with Gasteiger partial charge >= 0.3 is 0 Å². The van der Waals surface area contributed by atoms with Gasteiger partial charge < -0.3 is 9.84 Å². The van der Waals surface area contributed by atoms with Crippen LogP contribution in [-0.4, -0.2) is 19.5 Å². The lowest BCUT2D eigenvalue weighted by Gasteiger charge is -2.09. The van der Waals surface area contributed by atoms with Crippen LogP contribution >= 0.6 is 0 Å². The molecule has 0 saturated carbocycles. The van der Waals surface area contributed by atoms with Gasteiger partial charge in [-0.05, 0) is 49.2 Å². The first-order chi connectivity index (χ1) is 12.8. The summed E-state index contributed by atoms with van der Waals surface area (Å²) in [5, 5.41) is 6.38. The second-order valence-electron chi connectivity index (χ2n) is 6.10. The molecule has 8 heteroatoms. The predicted molar refractivity (Wildman–Crippen MR) is 102 cm³/mol. The lowest BCUT2D eigenvalue weighted by molar-refractivity contribution is -0.115. The van der Waals surface area contributed by atoms with E-state index in [1.807, 2.05) is 31.2 Å². The van der Waals surface area contributed by atoms with Gasteiger partial charge in [-0.25, -0.2) is 8.42 Å². The topological polar surface area (TPSA) is 101 Å². The molecule has 0 fully saturated rings. The van der Waals surface area contributed by atoms with Gasteiger partial charge in [-0.1, -0.05) is 29.4 Å². The molecular weight excluding hydrogens is 366 g/mol. The van der Waals surface area contributed by atoms with E-state index in [1.165, 1.54) is 18.2 Å². The highest BCUT2D eigenvalue weighted by atomic mass is 32.2. The van der Waals surface area contributed by atoms with Gasteiger partial charge in [0.05, 0.1) is 11.3 Å². The summed E-state index contributed by atoms with van der Waals surface area (Å²) in [4.78, 5) is 12.3. The largest absolute Gasteiger partial charge is 0.360 e. The Morgan fingerprint density at radius 3 is 2.41 bits per heavy atom. The monoisotopic (exact) mass is 385 g/mol. The molecule has 0 saturated heterocycles. The van der Waals surface area contributed by atoms with E-state index in [9.17, 15) is 13.2 Å². The van der Waals surface area contributed by atoms with Crippen molar-refractivity contribution in [1.29, 1.82) is 0 Å². The van der Waals surface area contributed by atoms with Crippen molar-refractivity contribution in [3.05, 3.63) is 71.5 Å². The fraction of sp³-hybridized carbons (Fsp3) is 0.158. The average molecular weight is 385 g/mol. The molecule has 0 radical (unpaired) electrons.